The number of benzene rings is 1. The van der Waals surface area contributed by atoms with Crippen LogP contribution in [0.25, 0.3) is 0 Å². The molecule has 0 amide bonds. The Hall–Kier alpha value is -1.72. The van der Waals surface area contributed by atoms with Crippen molar-refractivity contribution in [3.05, 3.63) is 53.9 Å². The predicted octanol–water partition coefficient (Wildman–Crippen LogP) is 2.84. The summed E-state index contributed by atoms with van der Waals surface area (Å²) >= 11 is 0. The summed E-state index contributed by atoms with van der Waals surface area (Å²) in [4.78, 5) is 4.26. The maximum absolute atomic E-state index is 13.1. The molecule has 0 bridgehead atoms. The fraction of sp³-hybridized carbons (Fsp3) is 0.500. The summed E-state index contributed by atoms with van der Waals surface area (Å²) in [5, 5.41) is 14.5. The van der Waals surface area contributed by atoms with Crippen LogP contribution < -0.4 is 5.32 Å². The van der Waals surface area contributed by atoms with E-state index < -0.39 is 5.60 Å². The number of aliphatic hydroxyl groups is 1. The number of nitrogens with one attached hydrogen (secondary N) is 1. The van der Waals surface area contributed by atoms with E-state index in [1.54, 1.807) is 24.7 Å². The van der Waals surface area contributed by atoms with Crippen LogP contribution in [0.15, 0.2) is 36.8 Å². The quantitative estimate of drug-likeness (QED) is 0.912. The molecular formula is C18H24FN3O. The number of halogens is 1. The second-order valence-electron chi connectivity index (χ2n) is 6.59. The maximum Gasteiger partial charge on any atom is 0.123 e. The molecule has 2 unspecified atom stereocenters. The summed E-state index contributed by atoms with van der Waals surface area (Å²) in [6.07, 6.45) is 5.40. The van der Waals surface area contributed by atoms with Gasteiger partial charge in [-0.05, 0) is 63.4 Å². The van der Waals surface area contributed by atoms with Crippen LogP contribution >= 0.6 is 0 Å². The second-order valence-corrected chi connectivity index (χ2v) is 6.59. The fourth-order valence-corrected chi connectivity index (χ4v) is 3.50. The minimum absolute atomic E-state index is 0.0127. The molecule has 1 aromatic carbocycles. The molecule has 1 aliphatic heterocycles. The summed E-state index contributed by atoms with van der Waals surface area (Å²) in [7, 11) is 0. The number of piperidine rings is 1. The molecule has 3 rings (SSSR count). The van der Waals surface area contributed by atoms with E-state index in [1.165, 1.54) is 12.1 Å². The largest absolute Gasteiger partial charge is 0.384 e. The summed E-state index contributed by atoms with van der Waals surface area (Å²) in [5.41, 5.74) is 0.889. The third-order valence-corrected chi connectivity index (χ3v) is 5.09. The average molecular weight is 317 g/mol. The van der Waals surface area contributed by atoms with Crippen molar-refractivity contribution >= 4 is 0 Å². The molecule has 2 heterocycles. The highest BCUT2D eigenvalue weighted by Crippen LogP contribution is 2.36. The Labute approximate surface area is 136 Å². The van der Waals surface area contributed by atoms with Gasteiger partial charge in [-0.15, -0.1) is 0 Å². The summed E-state index contributed by atoms with van der Waals surface area (Å²) in [6, 6.07) is 6.48. The Kier molecular flexibility index (Phi) is 4.50. The van der Waals surface area contributed by atoms with Gasteiger partial charge < -0.3 is 15.0 Å². The van der Waals surface area contributed by atoms with Crippen molar-refractivity contribution in [2.24, 2.45) is 5.92 Å². The first kappa shape index (κ1) is 16.1. The first-order chi connectivity index (χ1) is 11.0. The van der Waals surface area contributed by atoms with Crippen molar-refractivity contribution in [3.63, 3.8) is 0 Å². The van der Waals surface area contributed by atoms with Gasteiger partial charge in [0.05, 0.1) is 24.3 Å². The highest BCUT2D eigenvalue weighted by Gasteiger charge is 2.37. The molecule has 1 fully saturated rings. The Morgan fingerprint density at radius 2 is 1.96 bits per heavy atom. The van der Waals surface area contributed by atoms with Gasteiger partial charge in [-0.2, -0.15) is 0 Å². The number of aromatic nitrogens is 2. The van der Waals surface area contributed by atoms with Gasteiger partial charge in [0.25, 0.3) is 0 Å². The number of imidazole rings is 1. The molecule has 2 N–H and O–H groups in total. The smallest absolute Gasteiger partial charge is 0.123 e. The van der Waals surface area contributed by atoms with E-state index in [1.807, 2.05) is 18.4 Å². The standard InChI is InChI=1S/C18H24FN3O/c1-13(14-3-5-16(19)6-4-14)22-12-21-11-17(22)18(2,23)15-7-9-20-10-8-15/h3-6,11-13,15,20,23H,7-10H2,1-2H3. The molecule has 4 nitrogen and oxygen atoms in total. The second kappa shape index (κ2) is 6.42. The van der Waals surface area contributed by atoms with Gasteiger partial charge in [-0.25, -0.2) is 9.37 Å². The molecular weight excluding hydrogens is 293 g/mol. The molecule has 0 radical (unpaired) electrons. The van der Waals surface area contributed by atoms with E-state index in [9.17, 15) is 9.50 Å². The zero-order chi connectivity index (χ0) is 16.4. The number of rotatable bonds is 4. The van der Waals surface area contributed by atoms with Gasteiger partial charge in [0.1, 0.15) is 11.4 Å². The molecule has 124 valence electrons. The number of hydrogen-bond donors (Lipinski definition) is 2. The van der Waals surface area contributed by atoms with Crippen LogP contribution in [0.3, 0.4) is 0 Å². The highest BCUT2D eigenvalue weighted by atomic mass is 19.1. The van der Waals surface area contributed by atoms with Crippen LogP contribution in [0.2, 0.25) is 0 Å². The lowest BCUT2D eigenvalue weighted by Gasteiger charge is -2.37. The molecule has 0 spiro atoms. The van der Waals surface area contributed by atoms with E-state index in [2.05, 4.69) is 10.3 Å². The van der Waals surface area contributed by atoms with Crippen molar-refractivity contribution in [1.29, 1.82) is 0 Å². The molecule has 1 aliphatic rings. The van der Waals surface area contributed by atoms with Crippen molar-refractivity contribution < 1.29 is 9.50 Å². The van der Waals surface area contributed by atoms with Gasteiger partial charge in [0, 0.05) is 0 Å². The van der Waals surface area contributed by atoms with Crippen LogP contribution in [0.1, 0.15) is 44.0 Å². The Morgan fingerprint density at radius 3 is 2.61 bits per heavy atom. The molecule has 0 saturated carbocycles. The normalized spacial score (nSPS) is 20.2. The maximum atomic E-state index is 13.1. The Bertz CT molecular complexity index is 645. The first-order valence-corrected chi connectivity index (χ1v) is 8.21. The topological polar surface area (TPSA) is 50.1 Å². The molecule has 2 atom stereocenters. The summed E-state index contributed by atoms with van der Waals surface area (Å²) in [5.74, 6) is -0.0341. The monoisotopic (exact) mass is 317 g/mol. The first-order valence-electron chi connectivity index (χ1n) is 8.21. The van der Waals surface area contributed by atoms with E-state index >= 15 is 0 Å². The minimum Gasteiger partial charge on any atom is -0.384 e. The lowest BCUT2D eigenvalue weighted by atomic mass is 9.80. The van der Waals surface area contributed by atoms with Crippen LogP contribution in [0.5, 0.6) is 0 Å². The van der Waals surface area contributed by atoms with Gasteiger partial charge in [-0.1, -0.05) is 12.1 Å². The zero-order valence-corrected chi connectivity index (χ0v) is 13.7. The van der Waals surface area contributed by atoms with Crippen LogP contribution in [-0.2, 0) is 5.60 Å². The number of nitrogens with zero attached hydrogens (tertiary/aromatic N) is 2. The minimum atomic E-state index is -0.924. The molecule has 23 heavy (non-hydrogen) atoms. The third-order valence-electron chi connectivity index (χ3n) is 5.09. The van der Waals surface area contributed by atoms with Crippen molar-refractivity contribution in [2.75, 3.05) is 13.1 Å². The molecule has 0 aliphatic carbocycles. The van der Waals surface area contributed by atoms with E-state index in [4.69, 9.17) is 0 Å². The molecule has 1 aromatic heterocycles. The third kappa shape index (κ3) is 3.16. The summed E-state index contributed by atoms with van der Waals surface area (Å²) in [6.45, 7) is 5.79. The molecule has 5 heteroatoms. The van der Waals surface area contributed by atoms with Crippen LogP contribution in [-0.4, -0.2) is 27.7 Å². The Balaban J connectivity index is 1.90. The van der Waals surface area contributed by atoms with Crippen LogP contribution in [0, 0.1) is 11.7 Å². The van der Waals surface area contributed by atoms with Crippen molar-refractivity contribution in [1.82, 2.24) is 14.9 Å². The lowest BCUT2D eigenvalue weighted by Crippen LogP contribution is -2.41. The highest BCUT2D eigenvalue weighted by molar-refractivity contribution is 5.23. The Morgan fingerprint density at radius 1 is 1.30 bits per heavy atom. The SMILES string of the molecule is CC(c1ccc(F)cc1)n1cncc1C(C)(O)C1CCNCC1. The van der Waals surface area contributed by atoms with E-state index in [-0.39, 0.29) is 17.8 Å². The zero-order valence-electron chi connectivity index (χ0n) is 13.7. The van der Waals surface area contributed by atoms with Gasteiger partial charge >= 0.3 is 0 Å². The van der Waals surface area contributed by atoms with Gasteiger partial charge in [0.2, 0.25) is 0 Å². The lowest BCUT2D eigenvalue weighted by molar-refractivity contribution is -0.0257. The van der Waals surface area contributed by atoms with Crippen molar-refractivity contribution in [3.8, 4) is 0 Å². The number of hydrogen-bond acceptors (Lipinski definition) is 3. The van der Waals surface area contributed by atoms with Crippen LogP contribution in [0.4, 0.5) is 4.39 Å². The van der Waals surface area contributed by atoms with Gasteiger partial charge in [0.15, 0.2) is 0 Å². The van der Waals surface area contributed by atoms with E-state index in [0.29, 0.717) is 0 Å². The van der Waals surface area contributed by atoms with E-state index in [0.717, 1.165) is 37.2 Å². The fourth-order valence-electron chi connectivity index (χ4n) is 3.50. The molecule has 2 aromatic rings. The van der Waals surface area contributed by atoms with Crippen molar-refractivity contribution in [2.45, 2.75) is 38.3 Å². The van der Waals surface area contributed by atoms with Gasteiger partial charge in [-0.3, -0.25) is 0 Å². The molecule has 1 saturated heterocycles. The summed E-state index contributed by atoms with van der Waals surface area (Å²) < 4.78 is 15.1. The predicted molar refractivity (Wildman–Crippen MR) is 87.6 cm³/mol. The average Bonchev–Trinajstić information content (AvgIpc) is 3.06.